The SMILES string of the molecule is CCC(CC)n1ccc2c(C)nc3c(-c4cnc(N(C)C)cc4C)c(C)nn3c21. The summed E-state index contributed by atoms with van der Waals surface area (Å²) in [4.78, 5) is 11.6. The van der Waals surface area contributed by atoms with Gasteiger partial charge < -0.3 is 9.47 Å². The smallest absolute Gasteiger partial charge is 0.165 e. The minimum absolute atomic E-state index is 0.452. The molecule has 152 valence electrons. The molecule has 0 spiro atoms. The molecule has 0 saturated carbocycles. The largest absolute Gasteiger partial charge is 0.363 e. The Morgan fingerprint density at radius 3 is 2.41 bits per heavy atom. The molecular formula is C23H30N6. The molecule has 0 aliphatic carbocycles. The number of fused-ring (bicyclic) bond motifs is 3. The summed E-state index contributed by atoms with van der Waals surface area (Å²) in [5, 5.41) is 6.10. The summed E-state index contributed by atoms with van der Waals surface area (Å²) in [5.74, 6) is 0.953. The molecule has 0 atom stereocenters. The van der Waals surface area contributed by atoms with Crippen LogP contribution in [0.1, 0.15) is 49.7 Å². The Bertz CT molecular complexity index is 1190. The maximum absolute atomic E-state index is 4.97. The van der Waals surface area contributed by atoms with Crippen molar-refractivity contribution in [2.45, 2.75) is 53.5 Å². The van der Waals surface area contributed by atoms with E-state index in [1.165, 1.54) is 5.56 Å². The van der Waals surface area contributed by atoms with Crippen LogP contribution < -0.4 is 4.90 Å². The fraction of sp³-hybridized carbons (Fsp3) is 0.435. The van der Waals surface area contributed by atoms with Crippen molar-refractivity contribution in [1.29, 1.82) is 0 Å². The summed E-state index contributed by atoms with van der Waals surface area (Å²) in [6.45, 7) is 10.8. The van der Waals surface area contributed by atoms with E-state index >= 15 is 0 Å². The molecule has 0 saturated heterocycles. The van der Waals surface area contributed by atoms with Crippen molar-refractivity contribution < 1.29 is 0 Å². The molecule has 6 nitrogen and oxygen atoms in total. The maximum Gasteiger partial charge on any atom is 0.165 e. The number of nitrogens with zero attached hydrogens (tertiary/aromatic N) is 6. The van der Waals surface area contributed by atoms with Crippen molar-refractivity contribution >= 4 is 22.5 Å². The fourth-order valence-electron chi connectivity index (χ4n) is 4.27. The second-order valence-corrected chi connectivity index (χ2v) is 8.08. The van der Waals surface area contributed by atoms with E-state index in [4.69, 9.17) is 10.1 Å². The molecule has 0 fully saturated rings. The fourth-order valence-corrected chi connectivity index (χ4v) is 4.27. The van der Waals surface area contributed by atoms with Gasteiger partial charge in [0, 0.05) is 43.5 Å². The van der Waals surface area contributed by atoms with Crippen LogP contribution in [0, 0.1) is 20.8 Å². The van der Waals surface area contributed by atoms with Gasteiger partial charge in [0.25, 0.3) is 0 Å². The van der Waals surface area contributed by atoms with Crippen molar-refractivity contribution in [3.8, 4) is 11.1 Å². The number of aryl methyl sites for hydroxylation is 3. The van der Waals surface area contributed by atoms with Gasteiger partial charge in [-0.05, 0) is 51.3 Å². The molecule has 6 heteroatoms. The zero-order valence-electron chi connectivity index (χ0n) is 18.5. The van der Waals surface area contributed by atoms with Crippen molar-refractivity contribution in [2.24, 2.45) is 0 Å². The molecule has 0 unspecified atom stereocenters. The van der Waals surface area contributed by atoms with Gasteiger partial charge in [0.05, 0.1) is 17.0 Å². The monoisotopic (exact) mass is 390 g/mol. The van der Waals surface area contributed by atoms with Gasteiger partial charge in [-0.25, -0.2) is 9.97 Å². The van der Waals surface area contributed by atoms with Crippen LogP contribution in [0.15, 0.2) is 24.5 Å². The Kier molecular flexibility index (Phi) is 4.81. The minimum atomic E-state index is 0.452. The summed E-state index contributed by atoms with van der Waals surface area (Å²) in [7, 11) is 4.02. The summed E-state index contributed by atoms with van der Waals surface area (Å²) in [6.07, 6.45) is 6.32. The summed E-state index contributed by atoms with van der Waals surface area (Å²) in [6, 6.07) is 4.75. The molecule has 0 aliphatic rings. The summed E-state index contributed by atoms with van der Waals surface area (Å²) in [5.41, 5.74) is 7.39. The van der Waals surface area contributed by atoms with Crippen molar-refractivity contribution in [3.05, 3.63) is 41.5 Å². The molecule has 4 rings (SSSR count). The van der Waals surface area contributed by atoms with Gasteiger partial charge in [0.1, 0.15) is 11.5 Å². The third-order valence-electron chi connectivity index (χ3n) is 5.95. The Morgan fingerprint density at radius 1 is 1.07 bits per heavy atom. The van der Waals surface area contributed by atoms with Crippen LogP contribution in [-0.4, -0.2) is 38.2 Å². The molecule has 0 radical (unpaired) electrons. The number of pyridine rings is 1. The van der Waals surface area contributed by atoms with Gasteiger partial charge >= 0.3 is 0 Å². The Hall–Kier alpha value is -2.89. The Morgan fingerprint density at radius 2 is 1.79 bits per heavy atom. The van der Waals surface area contributed by atoms with Crippen molar-refractivity contribution in [3.63, 3.8) is 0 Å². The van der Waals surface area contributed by atoms with E-state index in [-0.39, 0.29) is 0 Å². The van der Waals surface area contributed by atoms with Crippen LogP contribution in [0.25, 0.3) is 27.8 Å². The molecule has 0 aromatic carbocycles. The first-order chi connectivity index (χ1) is 13.9. The molecule has 0 amide bonds. The second kappa shape index (κ2) is 7.17. The summed E-state index contributed by atoms with van der Waals surface area (Å²) < 4.78 is 4.40. The average Bonchev–Trinajstić information content (AvgIpc) is 3.25. The van der Waals surface area contributed by atoms with Crippen molar-refractivity contribution in [1.82, 2.24) is 24.1 Å². The third kappa shape index (κ3) is 2.98. The lowest BCUT2D eigenvalue weighted by Gasteiger charge is -2.17. The van der Waals surface area contributed by atoms with Crippen LogP contribution in [0.4, 0.5) is 5.82 Å². The number of aromatic nitrogens is 5. The van der Waals surface area contributed by atoms with Gasteiger partial charge in [-0.15, -0.1) is 0 Å². The topological polar surface area (TPSA) is 51.2 Å². The van der Waals surface area contributed by atoms with Crippen LogP contribution >= 0.6 is 0 Å². The van der Waals surface area contributed by atoms with Crippen LogP contribution in [0.3, 0.4) is 0 Å². The lowest BCUT2D eigenvalue weighted by molar-refractivity contribution is 0.480. The number of anilines is 1. The van der Waals surface area contributed by atoms with Gasteiger partial charge in [-0.1, -0.05) is 13.8 Å². The number of rotatable bonds is 5. The minimum Gasteiger partial charge on any atom is -0.363 e. The first-order valence-electron chi connectivity index (χ1n) is 10.4. The molecule has 0 bridgehead atoms. The lowest BCUT2D eigenvalue weighted by atomic mass is 10.0. The number of hydrogen-bond donors (Lipinski definition) is 0. The molecule has 29 heavy (non-hydrogen) atoms. The Balaban J connectivity index is 2.03. The highest BCUT2D eigenvalue weighted by atomic mass is 15.3. The molecule has 4 heterocycles. The van der Waals surface area contributed by atoms with Crippen LogP contribution in [-0.2, 0) is 0 Å². The van der Waals surface area contributed by atoms with Gasteiger partial charge in [-0.2, -0.15) is 9.61 Å². The predicted octanol–water partition coefficient (Wildman–Crippen LogP) is 5.10. The average molecular weight is 391 g/mol. The normalized spacial score (nSPS) is 11.9. The molecular weight excluding hydrogens is 360 g/mol. The van der Waals surface area contributed by atoms with Crippen LogP contribution in [0.2, 0.25) is 0 Å². The van der Waals surface area contributed by atoms with Crippen LogP contribution in [0.5, 0.6) is 0 Å². The standard InChI is InChI=1S/C23H30N6/c1-8-17(9-2)28-11-10-18-15(4)25-22-21(16(5)26-29(22)23(18)28)19-13-24-20(27(6)7)12-14(19)3/h10-13,17H,8-9H2,1-7H3. The summed E-state index contributed by atoms with van der Waals surface area (Å²) >= 11 is 0. The van der Waals surface area contributed by atoms with Crippen molar-refractivity contribution in [2.75, 3.05) is 19.0 Å². The quantitative estimate of drug-likeness (QED) is 0.476. The van der Waals surface area contributed by atoms with E-state index in [0.717, 1.165) is 57.9 Å². The molecule has 0 aliphatic heterocycles. The lowest BCUT2D eigenvalue weighted by Crippen LogP contribution is -2.10. The zero-order chi connectivity index (χ0) is 20.9. The third-order valence-corrected chi connectivity index (χ3v) is 5.95. The maximum atomic E-state index is 4.97. The first kappa shape index (κ1) is 19.4. The first-order valence-corrected chi connectivity index (χ1v) is 10.4. The zero-order valence-corrected chi connectivity index (χ0v) is 18.5. The van der Waals surface area contributed by atoms with E-state index < -0.39 is 0 Å². The molecule has 0 N–H and O–H groups in total. The Labute approximate surface area is 172 Å². The highest BCUT2D eigenvalue weighted by molar-refractivity contribution is 5.88. The van der Waals surface area contributed by atoms with E-state index in [0.29, 0.717) is 6.04 Å². The van der Waals surface area contributed by atoms with E-state index in [2.05, 4.69) is 62.5 Å². The highest BCUT2D eigenvalue weighted by Gasteiger charge is 2.21. The van der Waals surface area contributed by atoms with Gasteiger partial charge in [0.15, 0.2) is 5.65 Å². The van der Waals surface area contributed by atoms with E-state index in [9.17, 15) is 0 Å². The second-order valence-electron chi connectivity index (χ2n) is 8.08. The van der Waals surface area contributed by atoms with Gasteiger partial charge in [0.2, 0.25) is 0 Å². The number of hydrogen-bond acceptors (Lipinski definition) is 4. The highest BCUT2D eigenvalue weighted by Crippen LogP contribution is 2.34. The van der Waals surface area contributed by atoms with Gasteiger partial charge in [-0.3, -0.25) is 0 Å². The predicted molar refractivity (Wildman–Crippen MR) is 120 cm³/mol. The molecule has 4 aromatic heterocycles. The van der Waals surface area contributed by atoms with E-state index in [1.54, 1.807) is 0 Å². The van der Waals surface area contributed by atoms with E-state index in [1.807, 2.05) is 29.7 Å². The molecule has 4 aromatic rings.